The Balaban J connectivity index is 1.98. The molecule has 0 aromatic carbocycles. The van der Waals surface area contributed by atoms with Gasteiger partial charge in [-0.05, 0) is 6.42 Å². The molecule has 1 fully saturated rings. The van der Waals surface area contributed by atoms with Crippen LogP contribution in [0.1, 0.15) is 12.8 Å². The molecule has 1 rings (SSSR count). The van der Waals surface area contributed by atoms with Crippen LogP contribution in [0, 0.1) is 5.92 Å². The fraction of sp³-hybridized carbons (Fsp3) is 1.00. The van der Waals surface area contributed by atoms with E-state index in [4.69, 9.17) is 0 Å². The smallest absolute Gasteiger partial charge is 0.147 e. The third kappa shape index (κ3) is 2.82. The molecule has 9 heavy (non-hydrogen) atoms. The van der Waals surface area contributed by atoms with Gasteiger partial charge in [0.05, 0.1) is 0 Å². The Morgan fingerprint density at radius 3 is 3.11 bits per heavy atom. The molecule has 3 heteroatoms. The van der Waals surface area contributed by atoms with Crippen molar-refractivity contribution in [1.29, 1.82) is 0 Å². The summed E-state index contributed by atoms with van der Waals surface area (Å²) in [5, 5.41) is 0. The van der Waals surface area contributed by atoms with Crippen molar-refractivity contribution >= 4 is 22.9 Å². The van der Waals surface area contributed by atoms with E-state index in [1.165, 1.54) is 12.8 Å². The van der Waals surface area contributed by atoms with Gasteiger partial charge < -0.3 is 4.74 Å². The molecule has 0 aromatic heterocycles. The van der Waals surface area contributed by atoms with Gasteiger partial charge in [0.1, 0.15) is 13.2 Å². The number of nitrogens with one attached hydrogen (secondary N) is 1. The normalized spacial score (nSPS) is 27.0. The Morgan fingerprint density at radius 2 is 2.56 bits per heavy atom. The average Bonchev–Trinajstić information content (AvgIpc) is 2.34. The summed E-state index contributed by atoms with van der Waals surface area (Å²) in [5.41, 5.74) is 0. The highest BCUT2D eigenvalue weighted by molar-refractivity contribution is 14.1. The van der Waals surface area contributed by atoms with Gasteiger partial charge in [0.15, 0.2) is 0 Å². The van der Waals surface area contributed by atoms with Crippen LogP contribution in [-0.4, -0.2) is 24.5 Å². The summed E-state index contributed by atoms with van der Waals surface area (Å²) in [4.78, 5) is 0. The molecule has 1 unspecified atom stereocenters. The van der Waals surface area contributed by atoms with Gasteiger partial charge in [-0.3, -0.25) is 3.53 Å². The number of hydrogen-bond donors (Lipinski definition) is 1. The molecule has 0 aliphatic carbocycles. The molecule has 0 saturated carbocycles. The minimum atomic E-state index is 0.882. The molecule has 0 radical (unpaired) electrons. The zero-order chi connectivity index (χ0) is 6.53. The third-order valence-corrected chi connectivity index (χ3v) is 2.27. The maximum absolute atomic E-state index is 4.29. The topological polar surface area (TPSA) is 24.8 Å². The van der Waals surface area contributed by atoms with Crippen molar-refractivity contribution in [2.24, 2.45) is 5.92 Å². The fourth-order valence-electron chi connectivity index (χ4n) is 1.13. The van der Waals surface area contributed by atoms with Crippen LogP contribution in [0.15, 0.2) is 0 Å². The summed E-state index contributed by atoms with van der Waals surface area (Å²) in [6, 6.07) is 0. The predicted octanol–water partition coefficient (Wildman–Crippen LogP) is 0.864. The SMILES string of the molecule is INCCC1CC[OH+]C1. The minimum absolute atomic E-state index is 0.882. The van der Waals surface area contributed by atoms with Crippen LogP contribution >= 0.6 is 22.9 Å². The molecule has 2 nitrogen and oxygen atoms in total. The van der Waals surface area contributed by atoms with E-state index in [2.05, 4.69) is 31.1 Å². The quantitative estimate of drug-likeness (QED) is 0.443. The largest absolute Gasteiger partial charge is 0.433 e. The number of hydrogen-bond acceptors (Lipinski definition) is 1. The Labute approximate surface area is 69.8 Å². The molecule has 54 valence electrons. The van der Waals surface area contributed by atoms with E-state index in [-0.39, 0.29) is 0 Å². The molecule has 1 aliphatic heterocycles. The summed E-state index contributed by atoms with van der Waals surface area (Å²) >= 11 is 2.19. The molecule has 0 amide bonds. The first kappa shape index (κ1) is 7.75. The third-order valence-electron chi connectivity index (χ3n) is 1.73. The summed E-state index contributed by atoms with van der Waals surface area (Å²) in [6.45, 7) is 3.35. The van der Waals surface area contributed by atoms with Gasteiger partial charge in [0.25, 0.3) is 0 Å². The molecular weight excluding hydrogens is 229 g/mol. The van der Waals surface area contributed by atoms with Crippen molar-refractivity contribution in [3.63, 3.8) is 0 Å². The second kappa shape index (κ2) is 4.46. The molecule has 1 aliphatic rings. The van der Waals surface area contributed by atoms with Crippen molar-refractivity contribution < 1.29 is 4.74 Å². The van der Waals surface area contributed by atoms with Crippen LogP contribution in [-0.2, 0) is 0 Å². The van der Waals surface area contributed by atoms with Crippen molar-refractivity contribution in [3.8, 4) is 0 Å². The summed E-state index contributed by atoms with van der Waals surface area (Å²) in [7, 11) is 0. The average molecular weight is 242 g/mol. The van der Waals surface area contributed by atoms with Gasteiger partial charge in [-0.15, -0.1) is 0 Å². The van der Waals surface area contributed by atoms with Crippen molar-refractivity contribution in [2.45, 2.75) is 12.8 Å². The van der Waals surface area contributed by atoms with E-state index in [1.807, 2.05) is 0 Å². The molecule has 2 N–H and O–H groups in total. The first-order valence-corrected chi connectivity index (χ1v) is 4.48. The van der Waals surface area contributed by atoms with E-state index in [1.54, 1.807) is 0 Å². The highest BCUT2D eigenvalue weighted by Crippen LogP contribution is 2.13. The van der Waals surface area contributed by atoms with Gasteiger partial charge in [-0.1, -0.05) is 0 Å². The lowest BCUT2D eigenvalue weighted by atomic mass is 10.1. The number of aliphatic hydroxyl groups is 2. The van der Waals surface area contributed by atoms with Gasteiger partial charge >= 0.3 is 0 Å². The van der Waals surface area contributed by atoms with E-state index in [0.717, 1.165) is 25.7 Å². The summed E-state index contributed by atoms with van der Waals surface area (Å²) in [6.07, 6.45) is 2.62. The Morgan fingerprint density at radius 1 is 1.67 bits per heavy atom. The Hall–Kier alpha value is 0.650. The maximum atomic E-state index is 4.29. The second-order valence-electron chi connectivity index (χ2n) is 2.46. The standard InChI is InChI=1S/C6H12INO/c7-8-3-1-6-2-4-9-5-6/h6,8H,1-5H2/p+1. The summed E-state index contributed by atoms with van der Waals surface area (Å²) in [5.74, 6) is 0.882. The first-order valence-electron chi connectivity index (χ1n) is 3.40. The molecule has 0 bridgehead atoms. The van der Waals surface area contributed by atoms with Gasteiger partial charge in [0, 0.05) is 41.7 Å². The van der Waals surface area contributed by atoms with E-state index in [9.17, 15) is 0 Å². The van der Waals surface area contributed by atoms with Crippen molar-refractivity contribution in [2.75, 3.05) is 19.8 Å². The molecule has 1 atom stereocenters. The Bertz CT molecular complexity index is 73.5. The van der Waals surface area contributed by atoms with Crippen LogP contribution in [0.2, 0.25) is 0 Å². The monoisotopic (exact) mass is 242 g/mol. The van der Waals surface area contributed by atoms with Crippen LogP contribution in [0.5, 0.6) is 0 Å². The lowest BCUT2D eigenvalue weighted by molar-refractivity contribution is 0.00202. The van der Waals surface area contributed by atoms with E-state index in [0.29, 0.717) is 0 Å². The van der Waals surface area contributed by atoms with E-state index < -0.39 is 0 Å². The minimum Gasteiger partial charge on any atom is -0.433 e. The highest BCUT2D eigenvalue weighted by Gasteiger charge is 2.18. The van der Waals surface area contributed by atoms with Crippen LogP contribution in [0.25, 0.3) is 0 Å². The first-order chi connectivity index (χ1) is 4.43. The fourth-order valence-corrected chi connectivity index (χ4v) is 1.44. The molecule has 1 heterocycles. The van der Waals surface area contributed by atoms with Crippen molar-refractivity contribution in [3.05, 3.63) is 0 Å². The van der Waals surface area contributed by atoms with Gasteiger partial charge in [0.2, 0.25) is 0 Å². The molecule has 0 spiro atoms. The Kier molecular flexibility index (Phi) is 3.85. The lowest BCUT2D eigenvalue weighted by Crippen LogP contribution is -2.08. The molecule has 0 aromatic rings. The second-order valence-corrected chi connectivity index (χ2v) is 3.22. The zero-order valence-electron chi connectivity index (χ0n) is 5.44. The van der Waals surface area contributed by atoms with Crippen molar-refractivity contribution in [1.82, 2.24) is 3.53 Å². The maximum Gasteiger partial charge on any atom is 0.147 e. The zero-order valence-corrected chi connectivity index (χ0v) is 7.60. The van der Waals surface area contributed by atoms with E-state index >= 15 is 0 Å². The van der Waals surface area contributed by atoms with Crippen LogP contribution in [0.3, 0.4) is 0 Å². The highest BCUT2D eigenvalue weighted by atomic mass is 127. The molecular formula is C6H13INO+. The summed E-state index contributed by atoms with van der Waals surface area (Å²) < 4.78 is 7.41. The van der Waals surface area contributed by atoms with Gasteiger partial charge in [-0.25, -0.2) is 0 Å². The molecule has 1 saturated heterocycles. The number of rotatable bonds is 3. The van der Waals surface area contributed by atoms with Crippen LogP contribution < -0.4 is 3.53 Å². The number of halogens is 1. The number of ether oxygens (including phenoxy) is 1. The van der Waals surface area contributed by atoms with Gasteiger partial charge in [-0.2, -0.15) is 0 Å². The lowest BCUT2D eigenvalue weighted by Gasteiger charge is -2.00. The van der Waals surface area contributed by atoms with Crippen LogP contribution in [0.4, 0.5) is 0 Å². The predicted molar refractivity (Wildman–Crippen MR) is 46.7 cm³/mol.